The number of hydrogen-bond donors (Lipinski definition) is 0. The zero-order valence-corrected chi connectivity index (χ0v) is 11.0. The van der Waals surface area contributed by atoms with Gasteiger partial charge in [0, 0.05) is 0 Å². The van der Waals surface area contributed by atoms with Crippen LogP contribution < -0.4 is 4.57 Å². The highest BCUT2D eigenvalue weighted by Gasteiger charge is 2.36. The second-order valence-electron chi connectivity index (χ2n) is 4.07. The van der Waals surface area contributed by atoms with Crippen molar-refractivity contribution in [1.29, 1.82) is 0 Å². The standard InChI is InChI=1S/C8H15N2.CHF3O3S/c1-8(2)6-10-5-4-9(3)7-10;2-1(3,4)8(5,6)7/h4-5,7-8H,6H2,1-3H3;(H,5,6,7)/q+1;/p-1. The van der Waals surface area contributed by atoms with Crippen LogP contribution in [0.3, 0.4) is 0 Å². The van der Waals surface area contributed by atoms with Crippen LogP contribution in [0.2, 0.25) is 0 Å². The Morgan fingerprint density at radius 1 is 1.39 bits per heavy atom. The molecule has 0 radical (unpaired) electrons. The van der Waals surface area contributed by atoms with Crippen molar-refractivity contribution < 1.29 is 30.7 Å². The van der Waals surface area contributed by atoms with E-state index in [1.165, 1.54) is 0 Å². The molecule has 1 rings (SSSR count). The van der Waals surface area contributed by atoms with Crippen molar-refractivity contribution in [2.45, 2.75) is 25.9 Å². The van der Waals surface area contributed by atoms with Gasteiger partial charge in [0.15, 0.2) is 10.1 Å². The van der Waals surface area contributed by atoms with Crippen molar-refractivity contribution in [3.63, 3.8) is 0 Å². The molecule has 1 aromatic heterocycles. The number of hydrogen-bond acceptors (Lipinski definition) is 3. The van der Waals surface area contributed by atoms with E-state index in [0.29, 0.717) is 0 Å². The summed E-state index contributed by atoms with van der Waals surface area (Å²) in [7, 11) is -4.05. The lowest BCUT2D eigenvalue weighted by Gasteiger charge is -2.08. The molecule has 0 amide bonds. The molecule has 106 valence electrons. The predicted octanol–water partition coefficient (Wildman–Crippen LogP) is 1.02. The zero-order valence-electron chi connectivity index (χ0n) is 10.2. The maximum atomic E-state index is 10.7. The zero-order chi connectivity index (χ0) is 14.6. The number of rotatable bonds is 2. The van der Waals surface area contributed by atoms with Gasteiger partial charge in [0.05, 0.1) is 13.6 Å². The predicted molar refractivity (Wildman–Crippen MR) is 56.2 cm³/mol. The molecule has 0 bridgehead atoms. The van der Waals surface area contributed by atoms with Crippen molar-refractivity contribution in [1.82, 2.24) is 4.57 Å². The van der Waals surface area contributed by atoms with E-state index in [-0.39, 0.29) is 0 Å². The number of nitrogens with zero attached hydrogens (tertiary/aromatic N) is 2. The highest BCUT2D eigenvalue weighted by molar-refractivity contribution is 7.86. The summed E-state index contributed by atoms with van der Waals surface area (Å²) in [5.41, 5.74) is -5.65. The minimum atomic E-state index is -6.09. The van der Waals surface area contributed by atoms with E-state index in [4.69, 9.17) is 13.0 Å². The Hall–Kier alpha value is -1.09. The van der Waals surface area contributed by atoms with Gasteiger partial charge in [-0.15, -0.1) is 0 Å². The van der Waals surface area contributed by atoms with Crippen LogP contribution in [0.25, 0.3) is 0 Å². The monoisotopic (exact) mass is 288 g/mol. The first-order valence-corrected chi connectivity index (χ1v) is 6.37. The van der Waals surface area contributed by atoms with E-state index in [2.05, 4.69) is 41.7 Å². The lowest BCUT2D eigenvalue weighted by molar-refractivity contribution is -0.671. The third-order valence-corrected chi connectivity index (χ3v) is 2.25. The number of imidazole rings is 1. The lowest BCUT2D eigenvalue weighted by atomic mass is 10.2. The van der Waals surface area contributed by atoms with Crippen molar-refractivity contribution in [2.24, 2.45) is 13.0 Å². The fourth-order valence-corrected chi connectivity index (χ4v) is 1.03. The number of alkyl halides is 3. The number of aryl methyl sites for hydroxylation is 1. The largest absolute Gasteiger partial charge is 0.741 e. The summed E-state index contributed by atoms with van der Waals surface area (Å²) in [6, 6.07) is 0. The van der Waals surface area contributed by atoms with E-state index in [9.17, 15) is 13.2 Å². The Labute approximate surface area is 104 Å². The van der Waals surface area contributed by atoms with E-state index in [1.807, 2.05) is 7.05 Å². The van der Waals surface area contributed by atoms with Gasteiger partial charge in [0.1, 0.15) is 12.4 Å². The van der Waals surface area contributed by atoms with Crippen LogP contribution in [-0.4, -0.2) is 23.0 Å². The third-order valence-electron chi connectivity index (χ3n) is 1.68. The van der Waals surface area contributed by atoms with Gasteiger partial charge < -0.3 is 4.55 Å². The minimum Gasteiger partial charge on any atom is -0.741 e. The van der Waals surface area contributed by atoms with Crippen molar-refractivity contribution in [3.05, 3.63) is 18.7 Å². The Bertz CT molecular complexity index is 466. The van der Waals surface area contributed by atoms with Gasteiger partial charge >= 0.3 is 5.51 Å². The fraction of sp³-hybridized carbons (Fsp3) is 0.667. The molecule has 0 atom stereocenters. The normalized spacial score (nSPS) is 12.2. The van der Waals surface area contributed by atoms with Crippen molar-refractivity contribution in [3.8, 4) is 0 Å². The van der Waals surface area contributed by atoms with E-state index >= 15 is 0 Å². The van der Waals surface area contributed by atoms with E-state index in [1.54, 1.807) is 0 Å². The summed E-state index contributed by atoms with van der Waals surface area (Å²) in [4.78, 5) is 0. The van der Waals surface area contributed by atoms with Gasteiger partial charge in [-0.05, 0) is 5.92 Å². The Morgan fingerprint density at radius 2 is 1.83 bits per heavy atom. The van der Waals surface area contributed by atoms with Crippen LogP contribution in [0.4, 0.5) is 13.2 Å². The maximum Gasteiger partial charge on any atom is 0.485 e. The van der Waals surface area contributed by atoms with Crippen LogP contribution in [0, 0.1) is 5.92 Å². The SMILES string of the molecule is CC(C)Cn1cc[n+](C)c1.O=S(=O)([O-])C(F)(F)F. The summed E-state index contributed by atoms with van der Waals surface area (Å²) in [6.07, 6.45) is 6.25. The van der Waals surface area contributed by atoms with E-state index in [0.717, 1.165) is 12.5 Å². The Morgan fingerprint density at radius 3 is 2.06 bits per heavy atom. The van der Waals surface area contributed by atoms with Gasteiger partial charge in [-0.1, -0.05) is 13.8 Å². The summed E-state index contributed by atoms with van der Waals surface area (Å²) >= 11 is 0. The Kier molecular flexibility index (Phi) is 5.81. The van der Waals surface area contributed by atoms with Gasteiger partial charge in [0.2, 0.25) is 6.33 Å². The van der Waals surface area contributed by atoms with Crippen LogP contribution >= 0.6 is 0 Å². The summed E-state index contributed by atoms with van der Waals surface area (Å²) in [5, 5.41) is 0. The molecular formula is C9H15F3N2O3S. The molecule has 0 aromatic carbocycles. The molecule has 18 heavy (non-hydrogen) atoms. The van der Waals surface area contributed by atoms with Crippen LogP contribution in [0.15, 0.2) is 18.7 Å². The summed E-state index contributed by atoms with van der Waals surface area (Å²) in [6.45, 7) is 5.56. The van der Waals surface area contributed by atoms with Gasteiger partial charge in [-0.3, -0.25) is 0 Å². The van der Waals surface area contributed by atoms with Crippen LogP contribution in [0.1, 0.15) is 13.8 Å². The molecule has 0 aliphatic rings. The molecular weight excluding hydrogens is 273 g/mol. The average Bonchev–Trinajstić information content (AvgIpc) is 2.47. The smallest absolute Gasteiger partial charge is 0.485 e. The van der Waals surface area contributed by atoms with Crippen molar-refractivity contribution >= 4 is 10.1 Å². The lowest BCUT2D eigenvalue weighted by Crippen LogP contribution is -2.24. The molecule has 1 heterocycles. The molecule has 0 saturated heterocycles. The Balaban J connectivity index is 0.000000331. The third kappa shape index (κ3) is 6.60. The van der Waals surface area contributed by atoms with Crippen LogP contribution in [0.5, 0.6) is 0 Å². The molecule has 0 aliphatic carbocycles. The fourth-order valence-electron chi connectivity index (χ4n) is 1.03. The topological polar surface area (TPSA) is 66.0 Å². The highest BCUT2D eigenvalue weighted by Crippen LogP contribution is 2.20. The first kappa shape index (κ1) is 16.9. The first-order chi connectivity index (χ1) is 7.93. The van der Waals surface area contributed by atoms with Crippen molar-refractivity contribution in [2.75, 3.05) is 0 Å². The molecule has 0 saturated carbocycles. The number of aromatic nitrogens is 2. The molecule has 0 aliphatic heterocycles. The summed E-state index contributed by atoms with van der Waals surface area (Å²) < 4.78 is 63.2. The second kappa shape index (κ2) is 6.19. The highest BCUT2D eigenvalue weighted by atomic mass is 32.2. The van der Waals surface area contributed by atoms with Crippen LogP contribution in [-0.2, 0) is 23.7 Å². The first-order valence-electron chi connectivity index (χ1n) is 4.96. The molecule has 5 nitrogen and oxygen atoms in total. The number of halogens is 3. The van der Waals surface area contributed by atoms with E-state index < -0.39 is 15.6 Å². The van der Waals surface area contributed by atoms with Gasteiger partial charge in [0.25, 0.3) is 0 Å². The minimum absolute atomic E-state index is 0.729. The molecule has 0 fully saturated rings. The molecule has 0 unspecified atom stereocenters. The quantitative estimate of drug-likeness (QED) is 0.463. The average molecular weight is 288 g/mol. The van der Waals surface area contributed by atoms with Gasteiger partial charge in [-0.25, -0.2) is 17.6 Å². The second-order valence-corrected chi connectivity index (χ2v) is 5.44. The molecule has 1 aromatic rings. The molecule has 0 spiro atoms. The maximum absolute atomic E-state index is 10.7. The molecule has 9 heteroatoms. The summed E-state index contributed by atoms with van der Waals surface area (Å²) in [5.74, 6) is 0.729. The van der Waals surface area contributed by atoms with Gasteiger partial charge in [-0.2, -0.15) is 13.2 Å². The molecule has 0 N–H and O–H groups in total.